The van der Waals surface area contributed by atoms with E-state index in [0.717, 1.165) is 17.4 Å². The molecule has 0 aliphatic heterocycles. The highest BCUT2D eigenvalue weighted by molar-refractivity contribution is 9.10. The average molecular weight is 360 g/mol. The molecular formula is C16H23BrFNS. The number of halogens is 2. The van der Waals surface area contributed by atoms with Crippen molar-refractivity contribution in [3.63, 3.8) is 0 Å². The molecule has 4 heteroatoms. The van der Waals surface area contributed by atoms with Gasteiger partial charge in [-0.3, -0.25) is 0 Å². The van der Waals surface area contributed by atoms with Gasteiger partial charge in [0.05, 0.1) is 4.47 Å². The maximum Gasteiger partial charge on any atom is 0.137 e. The van der Waals surface area contributed by atoms with E-state index >= 15 is 0 Å². The summed E-state index contributed by atoms with van der Waals surface area (Å²) in [5, 5.41) is 4.24. The van der Waals surface area contributed by atoms with Crippen molar-refractivity contribution in [3.05, 3.63) is 34.1 Å². The summed E-state index contributed by atoms with van der Waals surface area (Å²) in [5.74, 6) is 0.947. The van der Waals surface area contributed by atoms with Gasteiger partial charge in [-0.05, 0) is 59.9 Å². The van der Waals surface area contributed by atoms with E-state index in [-0.39, 0.29) is 5.82 Å². The summed E-state index contributed by atoms with van der Waals surface area (Å²) in [7, 11) is 2.02. The Bertz CT molecular complexity index is 421. The summed E-state index contributed by atoms with van der Waals surface area (Å²) in [6.45, 7) is 0. The van der Waals surface area contributed by atoms with Crippen molar-refractivity contribution >= 4 is 27.7 Å². The fraction of sp³-hybridized carbons (Fsp3) is 0.625. The number of likely N-dealkylation sites (N-methyl/N-ethyl adjacent to an activating group) is 1. The Balaban J connectivity index is 1.83. The summed E-state index contributed by atoms with van der Waals surface area (Å²) >= 11 is 5.37. The Morgan fingerprint density at radius 1 is 1.35 bits per heavy atom. The lowest BCUT2D eigenvalue weighted by molar-refractivity contribution is 0.514. The SMILES string of the molecule is CNC(CSC1CCCCC1)Cc1ccc(F)c(Br)c1. The van der Waals surface area contributed by atoms with Gasteiger partial charge < -0.3 is 5.32 Å². The monoisotopic (exact) mass is 359 g/mol. The van der Waals surface area contributed by atoms with E-state index < -0.39 is 0 Å². The number of hydrogen-bond donors (Lipinski definition) is 1. The van der Waals surface area contributed by atoms with Gasteiger partial charge in [-0.2, -0.15) is 11.8 Å². The first kappa shape index (κ1) is 16.3. The molecule has 1 nitrogen and oxygen atoms in total. The van der Waals surface area contributed by atoms with Crippen LogP contribution < -0.4 is 5.32 Å². The van der Waals surface area contributed by atoms with Crippen LogP contribution in [0.25, 0.3) is 0 Å². The largest absolute Gasteiger partial charge is 0.316 e. The third kappa shape index (κ3) is 5.05. The zero-order valence-electron chi connectivity index (χ0n) is 12.0. The summed E-state index contributed by atoms with van der Waals surface area (Å²) in [6.07, 6.45) is 7.91. The molecule has 1 aromatic rings. The van der Waals surface area contributed by atoms with Gasteiger partial charge in [0.25, 0.3) is 0 Å². The summed E-state index contributed by atoms with van der Waals surface area (Å²) in [4.78, 5) is 0. The normalized spacial score (nSPS) is 18.1. The minimum Gasteiger partial charge on any atom is -0.316 e. The van der Waals surface area contributed by atoms with Crippen LogP contribution in [0.3, 0.4) is 0 Å². The molecule has 0 saturated heterocycles. The molecule has 1 fully saturated rings. The van der Waals surface area contributed by atoms with Crippen molar-refractivity contribution < 1.29 is 4.39 Å². The van der Waals surface area contributed by atoms with Gasteiger partial charge in [0, 0.05) is 17.0 Å². The molecule has 1 aliphatic carbocycles. The first-order chi connectivity index (χ1) is 9.69. The van der Waals surface area contributed by atoms with E-state index in [0.29, 0.717) is 10.5 Å². The van der Waals surface area contributed by atoms with Crippen molar-refractivity contribution in [2.75, 3.05) is 12.8 Å². The fourth-order valence-corrected chi connectivity index (χ4v) is 4.56. The molecule has 0 amide bonds. The van der Waals surface area contributed by atoms with Crippen molar-refractivity contribution in [2.45, 2.75) is 49.8 Å². The Morgan fingerprint density at radius 3 is 2.75 bits per heavy atom. The molecule has 112 valence electrons. The van der Waals surface area contributed by atoms with Crippen molar-refractivity contribution in [3.8, 4) is 0 Å². The Morgan fingerprint density at radius 2 is 2.10 bits per heavy atom. The van der Waals surface area contributed by atoms with Gasteiger partial charge in [-0.1, -0.05) is 25.3 Å². The number of nitrogens with one attached hydrogen (secondary N) is 1. The second-order valence-electron chi connectivity index (χ2n) is 5.53. The van der Waals surface area contributed by atoms with Crippen LogP contribution in [0.15, 0.2) is 22.7 Å². The van der Waals surface area contributed by atoms with Gasteiger partial charge in [0.1, 0.15) is 5.82 Å². The lowest BCUT2D eigenvalue weighted by atomic mass is 10.0. The number of thioether (sulfide) groups is 1. The second kappa shape index (κ2) is 8.40. The van der Waals surface area contributed by atoms with E-state index in [2.05, 4.69) is 33.0 Å². The maximum absolute atomic E-state index is 13.2. The van der Waals surface area contributed by atoms with Gasteiger partial charge in [0.15, 0.2) is 0 Å². The predicted octanol–water partition coefficient (Wildman–Crippen LogP) is 4.78. The highest BCUT2D eigenvalue weighted by atomic mass is 79.9. The highest BCUT2D eigenvalue weighted by Gasteiger charge is 2.16. The van der Waals surface area contributed by atoms with E-state index in [1.807, 2.05) is 19.2 Å². The Kier molecular flexibility index (Phi) is 6.85. The number of rotatable bonds is 6. The zero-order chi connectivity index (χ0) is 14.4. The molecule has 0 spiro atoms. The van der Waals surface area contributed by atoms with Gasteiger partial charge >= 0.3 is 0 Å². The van der Waals surface area contributed by atoms with Crippen LogP contribution in [0.1, 0.15) is 37.7 Å². The molecule has 1 aromatic carbocycles. The molecule has 1 atom stereocenters. The van der Waals surface area contributed by atoms with Crippen LogP contribution >= 0.6 is 27.7 Å². The number of hydrogen-bond acceptors (Lipinski definition) is 2. The van der Waals surface area contributed by atoms with Gasteiger partial charge in [-0.15, -0.1) is 0 Å². The van der Waals surface area contributed by atoms with E-state index in [4.69, 9.17) is 0 Å². The highest BCUT2D eigenvalue weighted by Crippen LogP contribution is 2.29. The van der Waals surface area contributed by atoms with Crippen LogP contribution in [-0.4, -0.2) is 24.1 Å². The lowest BCUT2D eigenvalue weighted by Crippen LogP contribution is -2.31. The van der Waals surface area contributed by atoms with Crippen LogP contribution in [0.4, 0.5) is 4.39 Å². The molecule has 2 rings (SSSR count). The molecule has 0 bridgehead atoms. The fourth-order valence-electron chi connectivity index (χ4n) is 2.68. The standard InChI is InChI=1S/C16H23BrFNS/c1-19-13(11-20-14-5-3-2-4-6-14)9-12-7-8-16(18)15(17)10-12/h7-8,10,13-14,19H,2-6,9,11H2,1H3. The smallest absolute Gasteiger partial charge is 0.137 e. The molecule has 1 saturated carbocycles. The molecule has 0 aromatic heterocycles. The first-order valence-corrected chi connectivity index (χ1v) is 9.26. The van der Waals surface area contributed by atoms with Gasteiger partial charge in [0.2, 0.25) is 0 Å². The Labute approximate surface area is 134 Å². The first-order valence-electron chi connectivity index (χ1n) is 7.42. The summed E-state index contributed by atoms with van der Waals surface area (Å²) in [5.41, 5.74) is 1.18. The van der Waals surface area contributed by atoms with E-state index in [9.17, 15) is 4.39 Å². The van der Waals surface area contributed by atoms with E-state index in [1.54, 1.807) is 6.07 Å². The van der Waals surface area contributed by atoms with Crippen LogP contribution in [0.2, 0.25) is 0 Å². The number of benzene rings is 1. The van der Waals surface area contributed by atoms with Gasteiger partial charge in [-0.25, -0.2) is 4.39 Å². The van der Waals surface area contributed by atoms with Crippen molar-refractivity contribution in [1.29, 1.82) is 0 Å². The second-order valence-corrected chi connectivity index (χ2v) is 7.72. The third-order valence-corrected chi connectivity index (χ3v) is 6.11. The molecule has 20 heavy (non-hydrogen) atoms. The molecular weight excluding hydrogens is 337 g/mol. The quantitative estimate of drug-likeness (QED) is 0.783. The minimum absolute atomic E-state index is 0.189. The summed E-state index contributed by atoms with van der Waals surface area (Å²) in [6, 6.07) is 5.78. The topological polar surface area (TPSA) is 12.0 Å². The maximum atomic E-state index is 13.2. The molecule has 1 N–H and O–H groups in total. The summed E-state index contributed by atoms with van der Waals surface area (Å²) < 4.78 is 13.8. The molecule has 1 unspecified atom stereocenters. The van der Waals surface area contributed by atoms with Crippen LogP contribution in [0, 0.1) is 5.82 Å². The van der Waals surface area contributed by atoms with Crippen molar-refractivity contribution in [1.82, 2.24) is 5.32 Å². The lowest BCUT2D eigenvalue weighted by Gasteiger charge is -2.24. The zero-order valence-corrected chi connectivity index (χ0v) is 14.4. The Hall–Kier alpha value is -0.0600. The molecule has 1 aliphatic rings. The molecule has 0 radical (unpaired) electrons. The van der Waals surface area contributed by atoms with Crippen molar-refractivity contribution in [2.24, 2.45) is 0 Å². The van der Waals surface area contributed by atoms with Crippen LogP contribution in [0.5, 0.6) is 0 Å². The molecule has 0 heterocycles. The van der Waals surface area contributed by atoms with Crippen LogP contribution in [-0.2, 0) is 6.42 Å². The average Bonchev–Trinajstić information content (AvgIpc) is 2.48. The minimum atomic E-state index is -0.189. The van der Waals surface area contributed by atoms with E-state index in [1.165, 1.54) is 37.7 Å². The predicted molar refractivity (Wildman–Crippen MR) is 90.0 cm³/mol. The third-order valence-electron chi connectivity index (χ3n) is 3.96.